The summed E-state index contributed by atoms with van der Waals surface area (Å²) in [6.07, 6.45) is 2.68. The second-order valence-electron chi connectivity index (χ2n) is 4.35. The number of carbonyl (C=O) groups is 1. The van der Waals surface area contributed by atoms with Gasteiger partial charge in [0.1, 0.15) is 5.82 Å². The lowest BCUT2D eigenvalue weighted by Crippen LogP contribution is -2.39. The number of nitrogens with one attached hydrogen (secondary N) is 1. The minimum absolute atomic E-state index is 0.145. The lowest BCUT2D eigenvalue weighted by atomic mass is 10.3. The second-order valence-corrected chi connectivity index (χ2v) is 4.35. The minimum atomic E-state index is -0.370. The van der Waals surface area contributed by atoms with Gasteiger partial charge in [-0.25, -0.2) is 4.98 Å². The Labute approximate surface area is 108 Å². The number of hydrogen-bond donors (Lipinski definition) is 2. The summed E-state index contributed by atoms with van der Waals surface area (Å²) in [7, 11) is 0. The maximum atomic E-state index is 11.1. The summed E-state index contributed by atoms with van der Waals surface area (Å²) in [4.78, 5) is 21.4. The fraction of sp³-hybridized carbons (Fsp3) is 0.583. The molecule has 0 bridgehead atoms. The summed E-state index contributed by atoms with van der Waals surface area (Å²) in [5.74, 6) is 0.909. The molecule has 100 valence electrons. The third-order valence-electron chi connectivity index (χ3n) is 2.42. The van der Waals surface area contributed by atoms with Crippen molar-refractivity contribution in [2.75, 3.05) is 23.3 Å². The van der Waals surface area contributed by atoms with Crippen LogP contribution in [0.3, 0.4) is 0 Å². The van der Waals surface area contributed by atoms with Crippen molar-refractivity contribution in [3.63, 3.8) is 0 Å². The molecule has 6 heteroatoms. The highest BCUT2D eigenvalue weighted by atomic mass is 16.1. The van der Waals surface area contributed by atoms with E-state index < -0.39 is 0 Å². The molecule has 1 aromatic rings. The van der Waals surface area contributed by atoms with Crippen LogP contribution in [0.2, 0.25) is 0 Å². The Morgan fingerprint density at radius 3 is 2.83 bits per heavy atom. The van der Waals surface area contributed by atoms with Gasteiger partial charge < -0.3 is 16.0 Å². The van der Waals surface area contributed by atoms with E-state index in [1.807, 2.05) is 18.7 Å². The molecule has 1 rings (SSSR count). The minimum Gasteiger partial charge on any atom is -0.368 e. The van der Waals surface area contributed by atoms with Crippen LogP contribution in [0.4, 0.5) is 11.8 Å². The van der Waals surface area contributed by atoms with Gasteiger partial charge in [-0.3, -0.25) is 4.79 Å². The first-order chi connectivity index (χ1) is 8.54. The Balaban J connectivity index is 2.87. The van der Waals surface area contributed by atoms with Crippen molar-refractivity contribution in [2.24, 2.45) is 5.73 Å². The van der Waals surface area contributed by atoms with Gasteiger partial charge in [0, 0.05) is 18.8 Å². The SMILES string of the molecule is CCCNc1nccc(N(CC(N)=O)C(C)C)n1. The zero-order chi connectivity index (χ0) is 13.5. The smallest absolute Gasteiger partial charge is 0.237 e. The number of nitrogens with zero attached hydrogens (tertiary/aromatic N) is 3. The van der Waals surface area contributed by atoms with E-state index in [2.05, 4.69) is 22.2 Å². The average molecular weight is 251 g/mol. The molecule has 0 saturated carbocycles. The molecule has 0 radical (unpaired) electrons. The Morgan fingerprint density at radius 1 is 1.56 bits per heavy atom. The zero-order valence-corrected chi connectivity index (χ0v) is 11.2. The van der Waals surface area contributed by atoms with Crippen LogP contribution in [0, 0.1) is 0 Å². The molecule has 18 heavy (non-hydrogen) atoms. The van der Waals surface area contributed by atoms with E-state index in [0.29, 0.717) is 11.8 Å². The van der Waals surface area contributed by atoms with Crippen molar-refractivity contribution in [2.45, 2.75) is 33.2 Å². The van der Waals surface area contributed by atoms with Gasteiger partial charge in [-0.05, 0) is 26.3 Å². The van der Waals surface area contributed by atoms with E-state index in [9.17, 15) is 4.79 Å². The first-order valence-electron chi connectivity index (χ1n) is 6.16. The Morgan fingerprint density at radius 2 is 2.28 bits per heavy atom. The number of rotatable bonds is 7. The molecule has 0 unspecified atom stereocenters. The fourth-order valence-electron chi connectivity index (χ4n) is 1.53. The lowest BCUT2D eigenvalue weighted by Gasteiger charge is -2.26. The molecule has 0 aliphatic rings. The van der Waals surface area contributed by atoms with Crippen LogP contribution in [0.25, 0.3) is 0 Å². The van der Waals surface area contributed by atoms with E-state index in [4.69, 9.17) is 5.73 Å². The van der Waals surface area contributed by atoms with Crippen molar-refractivity contribution < 1.29 is 4.79 Å². The van der Waals surface area contributed by atoms with Crippen molar-refractivity contribution in [3.05, 3.63) is 12.3 Å². The fourth-order valence-corrected chi connectivity index (χ4v) is 1.53. The van der Waals surface area contributed by atoms with Crippen LogP contribution in [0.15, 0.2) is 12.3 Å². The molecule has 0 aliphatic carbocycles. The van der Waals surface area contributed by atoms with Crippen LogP contribution in [0.1, 0.15) is 27.2 Å². The molecule has 1 aromatic heterocycles. The van der Waals surface area contributed by atoms with E-state index >= 15 is 0 Å². The molecule has 3 N–H and O–H groups in total. The molecule has 6 nitrogen and oxygen atoms in total. The molecule has 0 aliphatic heterocycles. The van der Waals surface area contributed by atoms with Crippen molar-refractivity contribution >= 4 is 17.7 Å². The zero-order valence-electron chi connectivity index (χ0n) is 11.2. The molecule has 1 heterocycles. The normalized spacial score (nSPS) is 10.4. The van der Waals surface area contributed by atoms with Gasteiger partial charge in [0.2, 0.25) is 11.9 Å². The molecule has 0 aromatic carbocycles. The monoisotopic (exact) mass is 251 g/mol. The maximum Gasteiger partial charge on any atom is 0.237 e. The summed E-state index contributed by atoms with van der Waals surface area (Å²) in [5.41, 5.74) is 5.25. The predicted octanol–water partition coefficient (Wildman–Crippen LogP) is 0.999. The summed E-state index contributed by atoms with van der Waals surface area (Å²) in [5, 5.41) is 3.12. The highest BCUT2D eigenvalue weighted by molar-refractivity contribution is 5.79. The van der Waals surface area contributed by atoms with Gasteiger partial charge >= 0.3 is 0 Å². The quantitative estimate of drug-likeness (QED) is 0.755. The maximum absolute atomic E-state index is 11.1. The van der Waals surface area contributed by atoms with Gasteiger partial charge in [0.25, 0.3) is 0 Å². The Hall–Kier alpha value is -1.85. The highest BCUT2D eigenvalue weighted by Crippen LogP contribution is 2.14. The molecule has 0 saturated heterocycles. The standard InChI is InChI=1S/C12H21N5O/c1-4-6-14-12-15-7-5-11(16-12)17(9(2)3)8-10(13)18/h5,7,9H,4,6,8H2,1-3H3,(H2,13,18)(H,14,15,16). The van der Waals surface area contributed by atoms with Crippen molar-refractivity contribution in [1.82, 2.24) is 9.97 Å². The molecule has 0 fully saturated rings. The van der Waals surface area contributed by atoms with Crippen LogP contribution < -0.4 is 16.0 Å². The number of aromatic nitrogens is 2. The van der Waals surface area contributed by atoms with E-state index in [-0.39, 0.29) is 18.5 Å². The molecule has 0 spiro atoms. The van der Waals surface area contributed by atoms with Crippen LogP contribution in [-0.4, -0.2) is 35.0 Å². The van der Waals surface area contributed by atoms with Gasteiger partial charge in [0.15, 0.2) is 0 Å². The summed E-state index contributed by atoms with van der Waals surface area (Å²) in [6.45, 7) is 7.03. The van der Waals surface area contributed by atoms with Crippen LogP contribution in [-0.2, 0) is 4.79 Å². The molecule has 0 atom stereocenters. The number of amides is 1. The average Bonchev–Trinajstić information content (AvgIpc) is 2.33. The molecule has 1 amide bonds. The van der Waals surface area contributed by atoms with Gasteiger partial charge in [-0.15, -0.1) is 0 Å². The number of carbonyl (C=O) groups excluding carboxylic acids is 1. The van der Waals surface area contributed by atoms with Gasteiger partial charge in [0.05, 0.1) is 6.54 Å². The Kier molecular flexibility index (Phi) is 5.35. The predicted molar refractivity (Wildman–Crippen MR) is 72.5 cm³/mol. The first-order valence-corrected chi connectivity index (χ1v) is 6.16. The van der Waals surface area contributed by atoms with Crippen LogP contribution in [0.5, 0.6) is 0 Å². The third kappa shape index (κ3) is 4.20. The van der Waals surface area contributed by atoms with Crippen LogP contribution >= 0.6 is 0 Å². The summed E-state index contributed by atoms with van der Waals surface area (Å²) >= 11 is 0. The largest absolute Gasteiger partial charge is 0.368 e. The third-order valence-corrected chi connectivity index (χ3v) is 2.42. The van der Waals surface area contributed by atoms with Gasteiger partial charge in [-0.1, -0.05) is 6.92 Å². The second kappa shape index (κ2) is 6.78. The Bertz CT molecular complexity index is 394. The van der Waals surface area contributed by atoms with E-state index in [0.717, 1.165) is 13.0 Å². The number of nitrogens with two attached hydrogens (primary N) is 1. The highest BCUT2D eigenvalue weighted by Gasteiger charge is 2.14. The first kappa shape index (κ1) is 14.2. The number of hydrogen-bond acceptors (Lipinski definition) is 5. The number of anilines is 2. The van der Waals surface area contributed by atoms with Gasteiger partial charge in [-0.2, -0.15) is 4.98 Å². The lowest BCUT2D eigenvalue weighted by molar-refractivity contribution is -0.116. The summed E-state index contributed by atoms with van der Waals surface area (Å²) in [6, 6.07) is 1.92. The molecular weight excluding hydrogens is 230 g/mol. The topological polar surface area (TPSA) is 84.1 Å². The van der Waals surface area contributed by atoms with Crippen molar-refractivity contribution in [3.8, 4) is 0 Å². The molecular formula is C12H21N5O. The number of primary amides is 1. The summed E-state index contributed by atoms with van der Waals surface area (Å²) < 4.78 is 0. The van der Waals surface area contributed by atoms with E-state index in [1.165, 1.54) is 0 Å². The van der Waals surface area contributed by atoms with Crippen molar-refractivity contribution in [1.29, 1.82) is 0 Å². The van der Waals surface area contributed by atoms with E-state index in [1.54, 1.807) is 12.3 Å².